The molecule has 2 aromatic carbocycles. The van der Waals surface area contributed by atoms with Crippen molar-refractivity contribution >= 4 is 17.4 Å². The summed E-state index contributed by atoms with van der Waals surface area (Å²) in [5, 5.41) is 11.4. The highest BCUT2D eigenvalue weighted by molar-refractivity contribution is 6.46. The first-order chi connectivity index (χ1) is 17.4. The van der Waals surface area contributed by atoms with Crippen LogP contribution in [0.3, 0.4) is 0 Å². The van der Waals surface area contributed by atoms with Crippen LogP contribution in [0, 0.1) is 6.92 Å². The number of nitrogens with zero attached hydrogens (tertiary/aromatic N) is 2. The lowest BCUT2D eigenvalue weighted by atomic mass is 9.94. The molecule has 36 heavy (non-hydrogen) atoms. The standard InChI is InChI=1S/C28H34N2O6/c1-4-15-36-22-9-10-23(19(2)18-22)26(31)24-25(20-5-7-21(34-3)8-6-20)30(28(33)27(24)32)12-11-29-13-16-35-17-14-29/h5-10,18,25,31H,4,11-17H2,1-3H3/t25-/m1/s1. The second kappa shape index (κ2) is 11.6. The van der Waals surface area contributed by atoms with E-state index >= 15 is 0 Å². The van der Waals surface area contributed by atoms with E-state index in [1.165, 1.54) is 0 Å². The molecule has 0 unspecified atom stereocenters. The molecule has 1 amide bonds. The lowest BCUT2D eigenvalue weighted by Crippen LogP contribution is -2.42. The van der Waals surface area contributed by atoms with Crippen LogP contribution in [0.4, 0.5) is 0 Å². The van der Waals surface area contributed by atoms with Crippen molar-refractivity contribution in [2.24, 2.45) is 0 Å². The number of ketones is 1. The smallest absolute Gasteiger partial charge is 0.295 e. The number of benzene rings is 2. The van der Waals surface area contributed by atoms with Crippen LogP contribution < -0.4 is 9.47 Å². The van der Waals surface area contributed by atoms with E-state index in [1.807, 2.05) is 32.0 Å². The maximum atomic E-state index is 13.3. The average Bonchev–Trinajstić information content (AvgIpc) is 3.16. The Hall–Kier alpha value is -3.36. The largest absolute Gasteiger partial charge is 0.507 e. The number of aryl methyl sites for hydroxylation is 1. The van der Waals surface area contributed by atoms with Crippen LogP contribution in [0.2, 0.25) is 0 Å². The summed E-state index contributed by atoms with van der Waals surface area (Å²) < 4.78 is 16.4. The fourth-order valence-corrected chi connectivity index (χ4v) is 4.67. The van der Waals surface area contributed by atoms with E-state index in [1.54, 1.807) is 36.3 Å². The van der Waals surface area contributed by atoms with E-state index in [4.69, 9.17) is 14.2 Å². The van der Waals surface area contributed by atoms with Crippen LogP contribution >= 0.6 is 0 Å². The number of likely N-dealkylation sites (tertiary alicyclic amines) is 1. The molecule has 2 aromatic rings. The highest BCUT2D eigenvalue weighted by Gasteiger charge is 2.46. The van der Waals surface area contributed by atoms with E-state index in [2.05, 4.69) is 4.90 Å². The number of methoxy groups -OCH3 is 1. The lowest BCUT2D eigenvalue weighted by molar-refractivity contribution is -0.140. The van der Waals surface area contributed by atoms with Gasteiger partial charge in [0.05, 0.1) is 38.5 Å². The molecule has 8 heteroatoms. The van der Waals surface area contributed by atoms with Gasteiger partial charge in [-0.2, -0.15) is 0 Å². The van der Waals surface area contributed by atoms with Gasteiger partial charge in [0.1, 0.15) is 17.3 Å². The van der Waals surface area contributed by atoms with Crippen molar-refractivity contribution in [3.63, 3.8) is 0 Å². The van der Waals surface area contributed by atoms with Crippen LogP contribution in [-0.4, -0.2) is 79.7 Å². The maximum absolute atomic E-state index is 13.3. The second-order valence-corrected chi connectivity index (χ2v) is 9.04. The maximum Gasteiger partial charge on any atom is 0.295 e. The zero-order chi connectivity index (χ0) is 25.7. The number of morpholine rings is 1. The number of aliphatic hydroxyl groups is 1. The molecule has 2 aliphatic heterocycles. The van der Waals surface area contributed by atoms with Gasteiger partial charge in [-0.05, 0) is 54.8 Å². The SMILES string of the molecule is CCCOc1ccc(C(O)=C2C(=O)C(=O)N(CCN3CCOCC3)[C@@H]2c2ccc(OC)cc2)c(C)c1. The topological polar surface area (TPSA) is 88.5 Å². The molecular weight excluding hydrogens is 460 g/mol. The first-order valence-electron chi connectivity index (χ1n) is 12.4. The molecule has 1 atom stereocenters. The van der Waals surface area contributed by atoms with E-state index in [0.717, 1.165) is 30.6 Å². The number of carbonyl (C=O) groups is 2. The number of hydrogen-bond donors (Lipinski definition) is 1. The van der Waals surface area contributed by atoms with Crippen LogP contribution in [0.15, 0.2) is 48.0 Å². The summed E-state index contributed by atoms with van der Waals surface area (Å²) in [4.78, 5) is 30.3. The zero-order valence-corrected chi connectivity index (χ0v) is 21.2. The third kappa shape index (κ3) is 5.39. The Balaban J connectivity index is 1.72. The Bertz CT molecular complexity index is 1120. The fraction of sp³-hybridized carbons (Fsp3) is 0.429. The van der Waals surface area contributed by atoms with Crippen molar-refractivity contribution in [3.05, 3.63) is 64.7 Å². The van der Waals surface area contributed by atoms with Crippen LogP contribution in [0.25, 0.3) is 5.76 Å². The molecule has 2 aliphatic rings. The summed E-state index contributed by atoms with van der Waals surface area (Å²) in [5.74, 6) is -0.0964. The van der Waals surface area contributed by atoms with E-state index in [0.29, 0.717) is 50.0 Å². The predicted molar refractivity (Wildman–Crippen MR) is 136 cm³/mol. The Morgan fingerprint density at radius 2 is 1.75 bits per heavy atom. The fourth-order valence-electron chi connectivity index (χ4n) is 4.67. The van der Waals surface area contributed by atoms with Crippen molar-refractivity contribution in [1.82, 2.24) is 9.80 Å². The van der Waals surface area contributed by atoms with E-state index in [-0.39, 0.29) is 11.3 Å². The first-order valence-corrected chi connectivity index (χ1v) is 12.4. The average molecular weight is 495 g/mol. The van der Waals surface area contributed by atoms with Gasteiger partial charge in [0.15, 0.2) is 0 Å². The highest BCUT2D eigenvalue weighted by atomic mass is 16.5. The number of hydrogen-bond acceptors (Lipinski definition) is 7. The first kappa shape index (κ1) is 25.7. The third-order valence-electron chi connectivity index (χ3n) is 6.66. The van der Waals surface area contributed by atoms with Crippen molar-refractivity contribution < 1.29 is 28.9 Å². The molecule has 2 saturated heterocycles. The van der Waals surface area contributed by atoms with Gasteiger partial charge in [-0.15, -0.1) is 0 Å². The number of ether oxygens (including phenoxy) is 3. The predicted octanol–water partition coefficient (Wildman–Crippen LogP) is 3.55. The number of aliphatic hydroxyl groups excluding tert-OH is 1. The quantitative estimate of drug-likeness (QED) is 0.324. The van der Waals surface area contributed by atoms with Gasteiger partial charge >= 0.3 is 0 Å². The van der Waals surface area contributed by atoms with Crippen molar-refractivity contribution in [2.45, 2.75) is 26.3 Å². The Labute approximate surface area is 212 Å². The molecule has 0 bridgehead atoms. The number of amides is 1. The van der Waals surface area contributed by atoms with Gasteiger partial charge < -0.3 is 24.2 Å². The zero-order valence-electron chi connectivity index (χ0n) is 21.2. The van der Waals surface area contributed by atoms with Crippen molar-refractivity contribution in [2.75, 3.05) is 53.1 Å². The summed E-state index contributed by atoms with van der Waals surface area (Å²) >= 11 is 0. The normalized spacial score (nSPS) is 20.1. The molecule has 0 aliphatic carbocycles. The van der Waals surface area contributed by atoms with Gasteiger partial charge in [-0.25, -0.2) is 0 Å². The van der Waals surface area contributed by atoms with Gasteiger partial charge in [0.25, 0.3) is 11.7 Å². The summed E-state index contributed by atoms with van der Waals surface area (Å²) in [6.45, 7) is 8.32. The Morgan fingerprint density at radius 1 is 1.06 bits per heavy atom. The molecule has 0 radical (unpaired) electrons. The molecule has 192 valence electrons. The molecule has 0 aromatic heterocycles. The van der Waals surface area contributed by atoms with Crippen molar-refractivity contribution in [3.8, 4) is 11.5 Å². The minimum Gasteiger partial charge on any atom is -0.507 e. The minimum absolute atomic E-state index is 0.0949. The van der Waals surface area contributed by atoms with Gasteiger partial charge in [0, 0.05) is 31.7 Å². The molecule has 2 heterocycles. The number of carbonyl (C=O) groups excluding carboxylic acids is 2. The highest BCUT2D eigenvalue weighted by Crippen LogP contribution is 2.40. The van der Waals surface area contributed by atoms with Crippen LogP contribution in [0.5, 0.6) is 11.5 Å². The monoisotopic (exact) mass is 494 g/mol. The van der Waals surface area contributed by atoms with Crippen molar-refractivity contribution in [1.29, 1.82) is 0 Å². The van der Waals surface area contributed by atoms with Gasteiger partial charge in [-0.1, -0.05) is 19.1 Å². The Kier molecular flexibility index (Phi) is 8.28. The molecule has 0 saturated carbocycles. The van der Waals surface area contributed by atoms with Crippen LogP contribution in [0.1, 0.15) is 36.1 Å². The summed E-state index contributed by atoms with van der Waals surface area (Å²) in [7, 11) is 1.58. The summed E-state index contributed by atoms with van der Waals surface area (Å²) in [5.41, 5.74) is 2.09. The molecule has 0 spiro atoms. The molecule has 1 N–H and O–H groups in total. The molecular formula is C28H34N2O6. The molecule has 2 fully saturated rings. The third-order valence-corrected chi connectivity index (χ3v) is 6.66. The second-order valence-electron chi connectivity index (χ2n) is 9.04. The van der Waals surface area contributed by atoms with Crippen LogP contribution in [-0.2, 0) is 14.3 Å². The lowest BCUT2D eigenvalue weighted by Gasteiger charge is -2.31. The number of rotatable bonds is 9. The van der Waals surface area contributed by atoms with E-state index in [9.17, 15) is 14.7 Å². The summed E-state index contributed by atoms with van der Waals surface area (Å²) in [6, 6.07) is 11.9. The molecule has 8 nitrogen and oxygen atoms in total. The van der Waals surface area contributed by atoms with Gasteiger partial charge in [0.2, 0.25) is 0 Å². The number of Topliss-reactive ketones (excluding diaryl/α,β-unsaturated/α-hetero) is 1. The summed E-state index contributed by atoms with van der Waals surface area (Å²) in [6.07, 6.45) is 0.885. The Morgan fingerprint density at radius 3 is 2.39 bits per heavy atom. The molecule has 4 rings (SSSR count). The minimum atomic E-state index is -0.702. The van der Waals surface area contributed by atoms with Gasteiger partial charge in [-0.3, -0.25) is 14.5 Å². The van der Waals surface area contributed by atoms with E-state index < -0.39 is 17.7 Å².